The van der Waals surface area contributed by atoms with E-state index in [1.165, 1.54) is 12.8 Å². The van der Waals surface area contributed by atoms with Gasteiger partial charge in [-0.2, -0.15) is 0 Å². The zero-order chi connectivity index (χ0) is 7.28. The Morgan fingerprint density at radius 2 is 1.78 bits per heavy atom. The Labute approximate surface area is 58.6 Å². The summed E-state index contributed by atoms with van der Waals surface area (Å²) in [5.74, 6) is 1.38. The molecule has 0 spiro atoms. The first kappa shape index (κ1) is 8.96. The highest BCUT2D eigenvalue weighted by Crippen LogP contribution is 2.16. The van der Waals surface area contributed by atoms with Gasteiger partial charge in [0.2, 0.25) is 0 Å². The molecule has 55 valence electrons. The third kappa shape index (κ3) is 2.85. The largest absolute Gasteiger partial charge is 0.258 e. The summed E-state index contributed by atoms with van der Waals surface area (Å²) in [5, 5.41) is 0. The molecule has 0 aliphatic rings. The molecule has 0 aromatic heterocycles. The fourth-order valence-corrected chi connectivity index (χ4v) is 1.08. The van der Waals surface area contributed by atoms with Crippen molar-refractivity contribution in [2.45, 2.75) is 33.6 Å². The van der Waals surface area contributed by atoms with E-state index >= 15 is 0 Å². The second kappa shape index (κ2) is 4.80. The van der Waals surface area contributed by atoms with E-state index in [0.717, 1.165) is 5.92 Å². The van der Waals surface area contributed by atoms with Gasteiger partial charge in [-0.1, -0.05) is 33.6 Å². The van der Waals surface area contributed by atoms with Crippen LogP contribution >= 0.6 is 0 Å². The Morgan fingerprint density at radius 3 is 1.89 bits per heavy atom. The lowest BCUT2D eigenvalue weighted by atomic mass is 9.90. The van der Waals surface area contributed by atoms with Gasteiger partial charge in [-0.05, 0) is 11.8 Å². The Hall–Kier alpha value is -0.0400. The Balaban J connectivity index is 3.50. The fourth-order valence-electron chi connectivity index (χ4n) is 1.08. The molecule has 9 heavy (non-hydrogen) atoms. The molecule has 0 saturated carbocycles. The highest BCUT2D eigenvalue weighted by atomic mass is 14.5. The summed E-state index contributed by atoms with van der Waals surface area (Å²) in [6.45, 7) is 7.21. The van der Waals surface area contributed by atoms with Crippen LogP contribution in [0, 0.1) is 11.8 Å². The summed E-state index contributed by atoms with van der Waals surface area (Å²) < 4.78 is 0. The van der Waals surface area contributed by atoms with Crippen LogP contribution in [0.15, 0.2) is 0 Å². The fraction of sp³-hybridized carbons (Fsp3) is 1.00. The molecule has 0 saturated heterocycles. The molecule has 0 aliphatic heterocycles. The molecule has 1 N–H and O–H groups in total. The van der Waals surface area contributed by atoms with Crippen molar-refractivity contribution in [1.29, 1.82) is 0 Å². The normalized spacial score (nSPS) is 17.3. The zero-order valence-electron chi connectivity index (χ0n) is 6.78. The van der Waals surface area contributed by atoms with E-state index in [0.29, 0.717) is 12.5 Å². The Morgan fingerprint density at radius 1 is 1.22 bits per heavy atom. The predicted molar refractivity (Wildman–Crippen MR) is 41.2 cm³/mol. The first-order valence-corrected chi connectivity index (χ1v) is 3.90. The highest BCUT2D eigenvalue weighted by Gasteiger charge is 2.10. The summed E-state index contributed by atoms with van der Waals surface area (Å²) in [5.41, 5.74) is 7.19. The van der Waals surface area contributed by atoms with Gasteiger partial charge in [0, 0.05) is 6.54 Å². The first-order valence-electron chi connectivity index (χ1n) is 3.90. The molecule has 0 heterocycles. The maximum atomic E-state index is 7.19. The molecular formula is C8H18N. The van der Waals surface area contributed by atoms with Gasteiger partial charge >= 0.3 is 0 Å². The van der Waals surface area contributed by atoms with Gasteiger partial charge in [-0.15, -0.1) is 0 Å². The predicted octanol–water partition coefficient (Wildman–Crippen LogP) is 2.34. The lowest BCUT2D eigenvalue weighted by Gasteiger charge is -2.18. The Kier molecular flexibility index (Phi) is 4.78. The topological polar surface area (TPSA) is 23.8 Å². The van der Waals surface area contributed by atoms with Crippen LogP contribution in [0.5, 0.6) is 0 Å². The van der Waals surface area contributed by atoms with Crippen molar-refractivity contribution in [2.24, 2.45) is 11.8 Å². The Bertz CT molecular complexity index is 57.6. The van der Waals surface area contributed by atoms with Crippen LogP contribution in [0.1, 0.15) is 33.6 Å². The molecule has 2 unspecified atom stereocenters. The second-order valence-corrected chi connectivity index (χ2v) is 2.76. The van der Waals surface area contributed by atoms with Gasteiger partial charge < -0.3 is 0 Å². The quantitative estimate of drug-likeness (QED) is 0.555. The van der Waals surface area contributed by atoms with Crippen LogP contribution in [0.3, 0.4) is 0 Å². The molecule has 0 fully saturated rings. The monoisotopic (exact) mass is 128 g/mol. The van der Waals surface area contributed by atoms with Crippen molar-refractivity contribution in [3.63, 3.8) is 0 Å². The molecule has 0 bridgehead atoms. The van der Waals surface area contributed by atoms with E-state index in [1.807, 2.05) is 0 Å². The van der Waals surface area contributed by atoms with Gasteiger partial charge in [-0.25, -0.2) is 0 Å². The highest BCUT2D eigenvalue weighted by molar-refractivity contribution is 4.63. The lowest BCUT2D eigenvalue weighted by molar-refractivity contribution is 0.343. The molecule has 0 amide bonds. The number of hydrogen-bond acceptors (Lipinski definition) is 0. The van der Waals surface area contributed by atoms with Crippen LogP contribution in [-0.2, 0) is 0 Å². The molecular weight excluding hydrogens is 110 g/mol. The molecule has 0 aromatic carbocycles. The molecule has 0 aliphatic carbocycles. The molecule has 1 heteroatoms. The van der Waals surface area contributed by atoms with Crippen LogP contribution in [0.4, 0.5) is 0 Å². The van der Waals surface area contributed by atoms with Gasteiger partial charge in [0.25, 0.3) is 0 Å². The number of nitrogens with one attached hydrogen (secondary N) is 1. The molecule has 1 radical (unpaired) electrons. The maximum absolute atomic E-state index is 7.19. The SMILES string of the molecule is CCC(C)C(CC)C[NH]. The zero-order valence-corrected chi connectivity index (χ0v) is 6.78. The van der Waals surface area contributed by atoms with Crippen molar-refractivity contribution < 1.29 is 0 Å². The number of hydrogen-bond donors (Lipinski definition) is 0. The van der Waals surface area contributed by atoms with Crippen LogP contribution in [-0.4, -0.2) is 6.54 Å². The summed E-state index contributed by atoms with van der Waals surface area (Å²) in [6, 6.07) is 0. The average molecular weight is 128 g/mol. The lowest BCUT2D eigenvalue weighted by Crippen LogP contribution is -2.14. The maximum Gasteiger partial charge on any atom is 0.0131 e. The average Bonchev–Trinajstić information content (AvgIpc) is 1.90. The molecule has 0 rings (SSSR count). The van der Waals surface area contributed by atoms with E-state index in [4.69, 9.17) is 5.73 Å². The van der Waals surface area contributed by atoms with Crippen LogP contribution < -0.4 is 5.73 Å². The summed E-state index contributed by atoms with van der Waals surface area (Å²) in [7, 11) is 0. The van der Waals surface area contributed by atoms with Crippen molar-refractivity contribution in [1.82, 2.24) is 5.73 Å². The van der Waals surface area contributed by atoms with Gasteiger partial charge in [0.15, 0.2) is 0 Å². The van der Waals surface area contributed by atoms with Crippen LogP contribution in [0.25, 0.3) is 0 Å². The van der Waals surface area contributed by atoms with E-state index < -0.39 is 0 Å². The third-order valence-corrected chi connectivity index (χ3v) is 2.24. The summed E-state index contributed by atoms with van der Waals surface area (Å²) in [6.07, 6.45) is 2.38. The minimum Gasteiger partial charge on any atom is -0.258 e. The molecule has 1 nitrogen and oxygen atoms in total. The van der Waals surface area contributed by atoms with Gasteiger partial charge in [0.1, 0.15) is 0 Å². The van der Waals surface area contributed by atoms with Gasteiger partial charge in [0.05, 0.1) is 0 Å². The van der Waals surface area contributed by atoms with E-state index in [1.54, 1.807) is 0 Å². The third-order valence-electron chi connectivity index (χ3n) is 2.24. The standard InChI is InChI=1S/C8H18N/c1-4-7(3)8(5-2)6-9/h7-9H,4-6H2,1-3H3. The van der Waals surface area contributed by atoms with Crippen molar-refractivity contribution in [2.75, 3.05) is 6.54 Å². The summed E-state index contributed by atoms with van der Waals surface area (Å²) >= 11 is 0. The van der Waals surface area contributed by atoms with Crippen molar-refractivity contribution in [3.8, 4) is 0 Å². The molecule has 0 aromatic rings. The van der Waals surface area contributed by atoms with Crippen molar-refractivity contribution in [3.05, 3.63) is 0 Å². The van der Waals surface area contributed by atoms with E-state index in [-0.39, 0.29) is 0 Å². The minimum absolute atomic E-state index is 0.603. The van der Waals surface area contributed by atoms with Crippen LogP contribution in [0.2, 0.25) is 0 Å². The smallest absolute Gasteiger partial charge is 0.0131 e. The molecule has 2 atom stereocenters. The van der Waals surface area contributed by atoms with Crippen molar-refractivity contribution >= 4 is 0 Å². The summed E-state index contributed by atoms with van der Waals surface area (Å²) in [4.78, 5) is 0. The van der Waals surface area contributed by atoms with E-state index in [9.17, 15) is 0 Å². The second-order valence-electron chi connectivity index (χ2n) is 2.76. The number of rotatable bonds is 4. The van der Waals surface area contributed by atoms with E-state index in [2.05, 4.69) is 20.8 Å². The minimum atomic E-state index is 0.603. The first-order chi connectivity index (χ1) is 4.26. The van der Waals surface area contributed by atoms with Gasteiger partial charge in [-0.3, -0.25) is 5.73 Å².